The van der Waals surface area contributed by atoms with Crippen molar-refractivity contribution in [2.75, 3.05) is 59.2 Å². The first-order valence-electron chi connectivity index (χ1n) is 13.3. The maximum atomic E-state index is 15.2. The second kappa shape index (κ2) is 10.2. The van der Waals surface area contributed by atoms with Crippen molar-refractivity contribution in [2.45, 2.75) is 25.9 Å². The number of imidazole rings is 1. The molecule has 0 aliphatic carbocycles. The monoisotopic (exact) mass is 533 g/mol. The van der Waals surface area contributed by atoms with Crippen molar-refractivity contribution >= 4 is 22.8 Å². The molecule has 3 aromatic heterocycles. The minimum Gasteiger partial charge on any atom is -0.322 e. The van der Waals surface area contributed by atoms with Crippen molar-refractivity contribution in [2.24, 2.45) is 0 Å². The van der Waals surface area contributed by atoms with Gasteiger partial charge in [0.15, 0.2) is 11.6 Å². The Morgan fingerprint density at radius 3 is 2.67 bits per heavy atom. The fourth-order valence-electron chi connectivity index (χ4n) is 5.52. The molecule has 1 aromatic carbocycles. The van der Waals surface area contributed by atoms with Crippen LogP contribution in [0, 0.1) is 18.6 Å². The molecule has 4 aromatic rings. The van der Waals surface area contributed by atoms with Crippen LogP contribution in [0.4, 0.5) is 20.5 Å². The topological polar surface area (TPSA) is 78.2 Å². The molecule has 204 valence electrons. The molecular formula is C28H33F2N9. The van der Waals surface area contributed by atoms with E-state index in [9.17, 15) is 4.39 Å². The Hall–Kier alpha value is -3.54. The number of aromatic nitrogens is 5. The van der Waals surface area contributed by atoms with Gasteiger partial charge in [-0.2, -0.15) is 0 Å². The summed E-state index contributed by atoms with van der Waals surface area (Å²) in [7, 11) is 6.21. The van der Waals surface area contributed by atoms with E-state index in [-0.39, 0.29) is 23.2 Å². The third kappa shape index (κ3) is 5.09. The summed E-state index contributed by atoms with van der Waals surface area (Å²) in [5.41, 5.74) is 3.55. The first-order chi connectivity index (χ1) is 18.7. The fourth-order valence-corrected chi connectivity index (χ4v) is 5.52. The fraction of sp³-hybridized carbons (Fsp3) is 0.429. The average Bonchev–Trinajstić information content (AvgIpc) is 3.22. The van der Waals surface area contributed by atoms with Gasteiger partial charge in [0.25, 0.3) is 0 Å². The highest BCUT2D eigenvalue weighted by molar-refractivity contribution is 5.83. The van der Waals surface area contributed by atoms with Gasteiger partial charge in [-0.05, 0) is 51.8 Å². The maximum absolute atomic E-state index is 15.2. The van der Waals surface area contributed by atoms with Gasteiger partial charge in [-0.3, -0.25) is 4.90 Å². The molecule has 0 atom stereocenters. The van der Waals surface area contributed by atoms with Crippen LogP contribution >= 0.6 is 0 Å². The summed E-state index contributed by atoms with van der Waals surface area (Å²) in [5, 5.41) is 3.11. The predicted molar refractivity (Wildman–Crippen MR) is 147 cm³/mol. The van der Waals surface area contributed by atoms with Crippen LogP contribution in [0.25, 0.3) is 22.3 Å². The molecule has 0 spiro atoms. The first-order valence-corrected chi connectivity index (χ1v) is 13.3. The quantitative estimate of drug-likeness (QED) is 0.386. The SMILES string of the molecule is Cc1nc2c(F)cc(-c3nc(Nc4ccc5c(n4)CCN(CCN(C)C)C5)ncc3F)cc2n1C1CN(C)C1. The highest BCUT2D eigenvalue weighted by atomic mass is 19.1. The smallest absolute Gasteiger partial charge is 0.229 e. The molecular weight excluding hydrogens is 500 g/mol. The molecule has 5 heterocycles. The Bertz CT molecular complexity index is 1530. The van der Waals surface area contributed by atoms with Gasteiger partial charge in [0.05, 0.1) is 17.8 Å². The second-order valence-corrected chi connectivity index (χ2v) is 10.9. The van der Waals surface area contributed by atoms with E-state index in [1.54, 1.807) is 6.07 Å². The molecule has 1 N–H and O–H groups in total. The van der Waals surface area contributed by atoms with E-state index >= 15 is 4.39 Å². The number of rotatable bonds is 7. The largest absolute Gasteiger partial charge is 0.322 e. The number of pyridine rings is 1. The summed E-state index contributed by atoms with van der Waals surface area (Å²) >= 11 is 0. The number of benzene rings is 1. The lowest BCUT2D eigenvalue weighted by Gasteiger charge is -2.38. The molecule has 1 fully saturated rings. The second-order valence-electron chi connectivity index (χ2n) is 10.9. The minimum absolute atomic E-state index is 0.0268. The lowest BCUT2D eigenvalue weighted by atomic mass is 10.1. The van der Waals surface area contributed by atoms with Gasteiger partial charge in [0.2, 0.25) is 5.95 Å². The lowest BCUT2D eigenvalue weighted by Crippen LogP contribution is -2.45. The van der Waals surface area contributed by atoms with Crippen LogP contribution in [-0.4, -0.2) is 93.1 Å². The number of nitrogens with zero attached hydrogens (tertiary/aromatic N) is 8. The Kier molecular flexibility index (Phi) is 6.74. The number of aryl methyl sites for hydroxylation is 1. The molecule has 11 heteroatoms. The van der Waals surface area contributed by atoms with Gasteiger partial charge in [0.1, 0.15) is 22.9 Å². The average molecular weight is 534 g/mol. The van der Waals surface area contributed by atoms with Gasteiger partial charge in [0, 0.05) is 56.9 Å². The van der Waals surface area contributed by atoms with E-state index < -0.39 is 11.6 Å². The van der Waals surface area contributed by atoms with E-state index in [0.29, 0.717) is 16.9 Å². The van der Waals surface area contributed by atoms with Crippen LogP contribution in [0.1, 0.15) is 23.1 Å². The zero-order valence-corrected chi connectivity index (χ0v) is 22.7. The van der Waals surface area contributed by atoms with Gasteiger partial charge in [-0.1, -0.05) is 6.07 Å². The summed E-state index contributed by atoms with van der Waals surface area (Å²) < 4.78 is 32.2. The Balaban J connectivity index is 1.26. The van der Waals surface area contributed by atoms with Crippen LogP contribution in [-0.2, 0) is 13.0 Å². The molecule has 0 amide bonds. The summed E-state index contributed by atoms with van der Waals surface area (Å²) in [6.07, 6.45) is 1.97. The summed E-state index contributed by atoms with van der Waals surface area (Å²) in [4.78, 5) is 24.6. The molecule has 0 saturated carbocycles. The number of anilines is 2. The Labute approximate surface area is 226 Å². The van der Waals surface area contributed by atoms with E-state index in [0.717, 1.165) is 63.4 Å². The van der Waals surface area contributed by atoms with Gasteiger partial charge in [-0.25, -0.2) is 28.7 Å². The van der Waals surface area contributed by atoms with Crippen molar-refractivity contribution < 1.29 is 8.78 Å². The Morgan fingerprint density at radius 2 is 1.90 bits per heavy atom. The molecule has 0 unspecified atom stereocenters. The zero-order chi connectivity index (χ0) is 27.3. The molecule has 2 aliphatic heterocycles. The predicted octanol–water partition coefficient (Wildman–Crippen LogP) is 3.62. The number of nitrogens with one attached hydrogen (secondary N) is 1. The van der Waals surface area contributed by atoms with Gasteiger partial charge >= 0.3 is 0 Å². The van der Waals surface area contributed by atoms with Crippen molar-refractivity contribution in [1.82, 2.24) is 39.2 Å². The van der Waals surface area contributed by atoms with Crippen molar-refractivity contribution in [3.05, 3.63) is 59.2 Å². The van der Waals surface area contributed by atoms with E-state index in [4.69, 9.17) is 4.98 Å². The summed E-state index contributed by atoms with van der Waals surface area (Å²) in [6, 6.07) is 7.23. The van der Waals surface area contributed by atoms with Gasteiger partial charge < -0.3 is 19.7 Å². The highest BCUT2D eigenvalue weighted by Gasteiger charge is 2.29. The number of likely N-dealkylation sites (tertiary alicyclic amines) is 1. The normalized spacial score (nSPS) is 16.6. The first kappa shape index (κ1) is 25.7. The van der Waals surface area contributed by atoms with Gasteiger partial charge in [-0.15, -0.1) is 0 Å². The number of fused-ring (bicyclic) bond motifs is 2. The molecule has 6 rings (SSSR count). The Morgan fingerprint density at radius 1 is 1.08 bits per heavy atom. The third-order valence-corrected chi connectivity index (χ3v) is 7.58. The third-order valence-electron chi connectivity index (χ3n) is 7.58. The molecule has 9 nitrogen and oxygen atoms in total. The van der Waals surface area contributed by atoms with Crippen LogP contribution in [0.3, 0.4) is 0 Å². The lowest BCUT2D eigenvalue weighted by molar-refractivity contribution is 0.142. The van der Waals surface area contributed by atoms with Crippen molar-refractivity contribution in [3.8, 4) is 11.3 Å². The number of likely N-dealkylation sites (N-methyl/N-ethyl adjacent to an activating group) is 2. The number of hydrogen-bond donors (Lipinski definition) is 1. The molecule has 0 radical (unpaired) electrons. The standard InChI is InChI=1S/C28H33F2N9/c1-17-32-27-21(29)11-19(12-24(27)39(17)20-15-37(4)16-20)26-22(30)13-31-28(35-26)34-25-6-5-18-14-38(10-9-36(2)3)8-7-23(18)33-25/h5-6,11-13,20H,7-10,14-16H2,1-4H3,(H,31,33,34,35). The highest BCUT2D eigenvalue weighted by Crippen LogP contribution is 2.32. The van der Waals surface area contributed by atoms with E-state index in [1.807, 2.05) is 24.6 Å². The zero-order valence-electron chi connectivity index (χ0n) is 22.7. The molecule has 2 aliphatic rings. The van der Waals surface area contributed by atoms with E-state index in [2.05, 4.69) is 55.1 Å². The van der Waals surface area contributed by atoms with Crippen LogP contribution in [0.2, 0.25) is 0 Å². The summed E-state index contributed by atoms with van der Waals surface area (Å²) in [6.45, 7) is 7.45. The van der Waals surface area contributed by atoms with Crippen molar-refractivity contribution in [3.63, 3.8) is 0 Å². The molecule has 0 bridgehead atoms. The molecule has 39 heavy (non-hydrogen) atoms. The maximum Gasteiger partial charge on any atom is 0.229 e. The van der Waals surface area contributed by atoms with Crippen LogP contribution in [0.15, 0.2) is 30.5 Å². The number of halogens is 2. The summed E-state index contributed by atoms with van der Waals surface area (Å²) in [5.74, 6) is 0.414. The van der Waals surface area contributed by atoms with Crippen LogP contribution in [0.5, 0.6) is 0 Å². The minimum atomic E-state index is -0.623. The van der Waals surface area contributed by atoms with Crippen LogP contribution < -0.4 is 5.32 Å². The number of hydrogen-bond acceptors (Lipinski definition) is 8. The van der Waals surface area contributed by atoms with Crippen molar-refractivity contribution in [1.29, 1.82) is 0 Å². The van der Waals surface area contributed by atoms with E-state index in [1.165, 1.54) is 11.6 Å². The molecule has 1 saturated heterocycles.